The van der Waals surface area contributed by atoms with Crippen LogP contribution in [0.15, 0.2) is 24.4 Å². The monoisotopic (exact) mass is 288 g/mol. The van der Waals surface area contributed by atoms with Crippen LogP contribution in [0, 0.1) is 5.92 Å². The number of nitrogens with two attached hydrogens (primary N) is 1. The zero-order valence-electron chi connectivity index (χ0n) is 13.0. The number of pyridine rings is 1. The van der Waals surface area contributed by atoms with Crippen LogP contribution in [-0.2, 0) is 0 Å². The van der Waals surface area contributed by atoms with Gasteiger partial charge in [0.25, 0.3) is 0 Å². The molecule has 1 unspecified atom stereocenters. The van der Waals surface area contributed by atoms with Crippen molar-refractivity contribution >= 4 is 5.82 Å². The van der Waals surface area contributed by atoms with E-state index in [1.165, 1.54) is 32.1 Å². The van der Waals surface area contributed by atoms with Crippen molar-refractivity contribution in [1.82, 2.24) is 9.88 Å². The molecule has 21 heavy (non-hydrogen) atoms. The quantitative estimate of drug-likeness (QED) is 0.922. The topological polar surface area (TPSA) is 45.4 Å². The van der Waals surface area contributed by atoms with Crippen molar-refractivity contribution in [2.45, 2.75) is 38.1 Å². The molecule has 1 aliphatic heterocycles. The highest BCUT2D eigenvalue weighted by molar-refractivity contribution is 5.38. The van der Waals surface area contributed by atoms with Gasteiger partial charge in [-0.05, 0) is 30.9 Å². The molecule has 0 bridgehead atoms. The third kappa shape index (κ3) is 3.55. The van der Waals surface area contributed by atoms with Gasteiger partial charge in [-0.25, -0.2) is 4.98 Å². The van der Waals surface area contributed by atoms with Gasteiger partial charge in [0.1, 0.15) is 5.82 Å². The van der Waals surface area contributed by atoms with Gasteiger partial charge in [0, 0.05) is 45.0 Å². The van der Waals surface area contributed by atoms with Crippen molar-refractivity contribution in [3.05, 3.63) is 24.4 Å². The summed E-state index contributed by atoms with van der Waals surface area (Å²) in [4.78, 5) is 9.49. The van der Waals surface area contributed by atoms with E-state index < -0.39 is 0 Å². The molecule has 1 aromatic heterocycles. The number of rotatable bonds is 4. The van der Waals surface area contributed by atoms with E-state index in [0.29, 0.717) is 6.04 Å². The minimum atomic E-state index is 0.594. The van der Waals surface area contributed by atoms with E-state index in [1.807, 2.05) is 12.3 Å². The lowest BCUT2D eigenvalue weighted by atomic mass is 9.83. The number of piperazine rings is 1. The Bertz CT molecular complexity index is 408. The molecule has 3 rings (SSSR count). The van der Waals surface area contributed by atoms with Gasteiger partial charge in [0.15, 0.2) is 0 Å². The van der Waals surface area contributed by atoms with E-state index in [9.17, 15) is 0 Å². The van der Waals surface area contributed by atoms with Crippen LogP contribution in [0.3, 0.4) is 0 Å². The van der Waals surface area contributed by atoms with Gasteiger partial charge in [0.2, 0.25) is 0 Å². The first-order valence-electron chi connectivity index (χ1n) is 8.48. The predicted molar refractivity (Wildman–Crippen MR) is 87.4 cm³/mol. The third-order valence-electron chi connectivity index (χ3n) is 5.19. The molecule has 2 N–H and O–H groups in total. The molecule has 1 aromatic rings. The second-order valence-electron chi connectivity index (χ2n) is 6.41. The van der Waals surface area contributed by atoms with Crippen LogP contribution in [0.4, 0.5) is 5.82 Å². The van der Waals surface area contributed by atoms with E-state index in [2.05, 4.69) is 26.9 Å². The molecule has 1 aliphatic carbocycles. The van der Waals surface area contributed by atoms with Crippen molar-refractivity contribution < 1.29 is 0 Å². The van der Waals surface area contributed by atoms with Gasteiger partial charge in [0.05, 0.1) is 0 Å². The van der Waals surface area contributed by atoms with Crippen LogP contribution in [0.25, 0.3) is 0 Å². The van der Waals surface area contributed by atoms with E-state index in [-0.39, 0.29) is 0 Å². The third-order valence-corrected chi connectivity index (χ3v) is 5.19. The first kappa shape index (κ1) is 14.8. The summed E-state index contributed by atoms with van der Waals surface area (Å²) in [6, 6.07) is 6.75. The summed E-state index contributed by atoms with van der Waals surface area (Å²) in [6.45, 7) is 5.19. The molecule has 0 amide bonds. The summed E-state index contributed by atoms with van der Waals surface area (Å²) in [7, 11) is 0. The molecule has 0 aromatic carbocycles. The predicted octanol–water partition coefficient (Wildman–Crippen LogP) is 2.11. The Kier molecular flexibility index (Phi) is 5.09. The Hall–Kier alpha value is -1.13. The van der Waals surface area contributed by atoms with Crippen LogP contribution in [-0.4, -0.2) is 48.6 Å². The largest absolute Gasteiger partial charge is 0.354 e. The Balaban J connectivity index is 1.56. The molecule has 1 atom stereocenters. The highest BCUT2D eigenvalue weighted by atomic mass is 15.3. The molecule has 1 saturated heterocycles. The Morgan fingerprint density at radius 2 is 1.86 bits per heavy atom. The fourth-order valence-electron chi connectivity index (χ4n) is 3.98. The summed E-state index contributed by atoms with van der Waals surface area (Å²) in [6.07, 6.45) is 8.85. The number of anilines is 1. The van der Waals surface area contributed by atoms with Crippen molar-refractivity contribution in [3.63, 3.8) is 0 Å². The van der Waals surface area contributed by atoms with Gasteiger partial charge in [-0.15, -0.1) is 0 Å². The maximum Gasteiger partial charge on any atom is 0.128 e. The fraction of sp³-hybridized carbons (Fsp3) is 0.706. The van der Waals surface area contributed by atoms with Crippen LogP contribution >= 0.6 is 0 Å². The van der Waals surface area contributed by atoms with Gasteiger partial charge >= 0.3 is 0 Å². The van der Waals surface area contributed by atoms with Crippen molar-refractivity contribution in [2.75, 3.05) is 37.6 Å². The van der Waals surface area contributed by atoms with E-state index >= 15 is 0 Å². The average Bonchev–Trinajstić information content (AvgIpc) is 2.58. The second-order valence-corrected chi connectivity index (χ2v) is 6.41. The molecule has 2 fully saturated rings. The van der Waals surface area contributed by atoms with Gasteiger partial charge in [-0.2, -0.15) is 0 Å². The smallest absolute Gasteiger partial charge is 0.128 e. The average molecular weight is 288 g/mol. The maximum absolute atomic E-state index is 6.11. The maximum atomic E-state index is 6.11. The zero-order valence-corrected chi connectivity index (χ0v) is 13.0. The zero-order chi connectivity index (χ0) is 14.5. The minimum Gasteiger partial charge on any atom is -0.354 e. The molecule has 0 spiro atoms. The number of hydrogen-bond donors (Lipinski definition) is 1. The van der Waals surface area contributed by atoms with E-state index in [1.54, 1.807) is 0 Å². The normalized spacial score (nSPS) is 23.2. The molecule has 2 aliphatic rings. The molecule has 4 nitrogen and oxygen atoms in total. The lowest BCUT2D eigenvalue weighted by Crippen LogP contribution is -2.55. The van der Waals surface area contributed by atoms with Gasteiger partial charge < -0.3 is 10.6 Å². The minimum absolute atomic E-state index is 0.594. The Labute approximate surface area is 128 Å². The first-order chi connectivity index (χ1) is 10.4. The van der Waals surface area contributed by atoms with Crippen molar-refractivity contribution in [2.24, 2.45) is 11.7 Å². The van der Waals surface area contributed by atoms with Crippen LogP contribution in [0.2, 0.25) is 0 Å². The second kappa shape index (κ2) is 7.23. The lowest BCUT2D eigenvalue weighted by Gasteiger charge is -2.43. The summed E-state index contributed by atoms with van der Waals surface area (Å²) in [5.74, 6) is 1.93. The van der Waals surface area contributed by atoms with Crippen molar-refractivity contribution in [3.8, 4) is 0 Å². The number of hydrogen-bond acceptors (Lipinski definition) is 4. The van der Waals surface area contributed by atoms with Gasteiger partial charge in [-0.1, -0.05) is 25.3 Å². The highest BCUT2D eigenvalue weighted by Crippen LogP contribution is 2.29. The van der Waals surface area contributed by atoms with Crippen molar-refractivity contribution in [1.29, 1.82) is 0 Å². The first-order valence-corrected chi connectivity index (χ1v) is 8.48. The van der Waals surface area contributed by atoms with Crippen LogP contribution < -0.4 is 10.6 Å². The standard InChI is InChI=1S/C17H28N4/c18-14-16(15-6-2-1-3-7-15)20-10-12-21(13-11-20)17-8-4-5-9-19-17/h4-5,8-9,15-16H,1-3,6-7,10-14,18H2. The van der Waals surface area contributed by atoms with E-state index in [4.69, 9.17) is 5.73 Å². The number of nitrogens with zero attached hydrogens (tertiary/aromatic N) is 3. The lowest BCUT2D eigenvalue weighted by molar-refractivity contribution is 0.115. The van der Waals surface area contributed by atoms with Gasteiger partial charge in [-0.3, -0.25) is 4.90 Å². The number of aromatic nitrogens is 1. The molecule has 2 heterocycles. The molecule has 0 radical (unpaired) electrons. The Morgan fingerprint density at radius 3 is 2.48 bits per heavy atom. The molecular formula is C17H28N4. The van der Waals surface area contributed by atoms with Crippen LogP contribution in [0.5, 0.6) is 0 Å². The molecular weight excluding hydrogens is 260 g/mol. The molecule has 4 heteroatoms. The SMILES string of the molecule is NCC(C1CCCCC1)N1CCN(c2ccccn2)CC1. The fourth-order valence-corrected chi connectivity index (χ4v) is 3.98. The summed E-state index contributed by atoms with van der Waals surface area (Å²) in [5, 5.41) is 0. The molecule has 116 valence electrons. The van der Waals surface area contributed by atoms with E-state index in [0.717, 1.165) is 44.5 Å². The van der Waals surface area contributed by atoms with Crippen LogP contribution in [0.1, 0.15) is 32.1 Å². The summed E-state index contributed by atoms with van der Waals surface area (Å²) < 4.78 is 0. The summed E-state index contributed by atoms with van der Waals surface area (Å²) >= 11 is 0. The molecule has 1 saturated carbocycles. The highest BCUT2D eigenvalue weighted by Gasteiger charge is 2.30. The summed E-state index contributed by atoms with van der Waals surface area (Å²) in [5.41, 5.74) is 6.11. The Morgan fingerprint density at radius 1 is 1.10 bits per heavy atom.